The molecule has 1 rings (SSSR count). The van der Waals surface area contributed by atoms with E-state index >= 15 is 0 Å². The minimum absolute atomic E-state index is 0.0754. The van der Waals surface area contributed by atoms with Crippen molar-refractivity contribution in [1.82, 2.24) is 10.2 Å². The average Bonchev–Trinajstić information content (AvgIpc) is 2.45. The highest BCUT2D eigenvalue weighted by Crippen LogP contribution is 2.20. The molecule has 1 N–H and O–H groups in total. The lowest BCUT2D eigenvalue weighted by Gasteiger charge is -2.25. The van der Waals surface area contributed by atoms with Crippen LogP contribution in [0.3, 0.4) is 0 Å². The summed E-state index contributed by atoms with van der Waals surface area (Å²) < 4.78 is 5.10. The first-order valence-electron chi connectivity index (χ1n) is 7.23. The smallest absolute Gasteiger partial charge is 0.246 e. The van der Waals surface area contributed by atoms with Crippen LogP contribution in [0.5, 0.6) is 0 Å². The van der Waals surface area contributed by atoms with Crippen LogP contribution in [0.15, 0.2) is 24.3 Å². The Bertz CT molecular complexity index is 430. The molecule has 0 radical (unpaired) electrons. The molecule has 1 amide bonds. The Kier molecular flexibility index (Phi) is 7.19. The summed E-state index contributed by atoms with van der Waals surface area (Å²) in [5.41, 5.74) is 2.35. The van der Waals surface area contributed by atoms with Gasteiger partial charge in [-0.25, -0.2) is 0 Å². The second kappa shape index (κ2) is 8.64. The van der Waals surface area contributed by atoms with Crippen molar-refractivity contribution < 1.29 is 9.53 Å². The lowest BCUT2D eigenvalue weighted by atomic mass is 10.1. The fraction of sp³-hybridized carbons (Fsp3) is 0.562. The maximum atomic E-state index is 11.6. The van der Waals surface area contributed by atoms with Gasteiger partial charge < -0.3 is 19.9 Å². The van der Waals surface area contributed by atoms with Crippen molar-refractivity contribution >= 4 is 11.6 Å². The molecule has 0 fully saturated rings. The van der Waals surface area contributed by atoms with Gasteiger partial charge in [-0.2, -0.15) is 0 Å². The van der Waals surface area contributed by atoms with Crippen molar-refractivity contribution in [3.05, 3.63) is 29.8 Å². The minimum Gasteiger partial charge on any atom is -0.378 e. The second-order valence-electron chi connectivity index (χ2n) is 5.41. The fourth-order valence-corrected chi connectivity index (χ4v) is 2.05. The Labute approximate surface area is 127 Å². The number of carbonyl (C=O) groups is 1. The quantitative estimate of drug-likeness (QED) is 0.789. The van der Waals surface area contributed by atoms with E-state index in [4.69, 9.17) is 4.74 Å². The molecule has 0 unspecified atom stereocenters. The number of carbonyl (C=O) groups excluding carboxylic acids is 1. The number of hydrogen-bond acceptors (Lipinski definition) is 4. The zero-order chi connectivity index (χ0) is 15.8. The summed E-state index contributed by atoms with van der Waals surface area (Å²) in [5.74, 6) is -0.0754. The molecule has 5 nitrogen and oxygen atoms in total. The molecule has 0 aliphatic rings. The van der Waals surface area contributed by atoms with Crippen LogP contribution in [-0.4, -0.2) is 58.8 Å². The molecule has 0 spiro atoms. The Morgan fingerprint density at radius 2 is 1.81 bits per heavy atom. The third-order valence-electron chi connectivity index (χ3n) is 3.35. The molecule has 0 aromatic heterocycles. The van der Waals surface area contributed by atoms with E-state index in [1.807, 2.05) is 35.1 Å². The molecule has 0 aliphatic heterocycles. The molecule has 0 heterocycles. The first-order chi connectivity index (χ1) is 9.95. The van der Waals surface area contributed by atoms with Crippen molar-refractivity contribution in [3.63, 3.8) is 0 Å². The molecule has 0 bridgehead atoms. The highest BCUT2D eigenvalue weighted by Gasteiger charge is 2.15. The summed E-state index contributed by atoms with van der Waals surface area (Å²) in [7, 11) is 8.07. The summed E-state index contributed by atoms with van der Waals surface area (Å²) in [6, 6.07) is 8.54. The Morgan fingerprint density at radius 1 is 1.19 bits per heavy atom. The molecular weight excluding hydrogens is 266 g/mol. The third kappa shape index (κ3) is 5.73. The monoisotopic (exact) mass is 293 g/mol. The van der Waals surface area contributed by atoms with Gasteiger partial charge in [-0.3, -0.25) is 4.79 Å². The van der Waals surface area contributed by atoms with Gasteiger partial charge in [0.05, 0.1) is 6.04 Å². The van der Waals surface area contributed by atoms with E-state index in [1.165, 1.54) is 5.56 Å². The van der Waals surface area contributed by atoms with E-state index in [-0.39, 0.29) is 18.6 Å². The van der Waals surface area contributed by atoms with Gasteiger partial charge >= 0.3 is 0 Å². The largest absolute Gasteiger partial charge is 0.378 e. The molecule has 5 heteroatoms. The second-order valence-corrected chi connectivity index (χ2v) is 5.41. The van der Waals surface area contributed by atoms with Crippen molar-refractivity contribution in [2.45, 2.75) is 13.0 Å². The summed E-state index contributed by atoms with van der Waals surface area (Å²) in [6.07, 6.45) is 0. The standard InChI is InChI=1S/C16H27N3O2/c1-6-21-12-16(20)17-11-15(19(4)5)13-7-9-14(10-8-13)18(2)3/h7-10,15H,6,11-12H2,1-5H3,(H,17,20)/t15-/m0/s1. The van der Waals surface area contributed by atoms with Gasteiger partial charge in [-0.1, -0.05) is 12.1 Å². The zero-order valence-corrected chi connectivity index (χ0v) is 13.7. The molecule has 1 aromatic rings. The summed E-state index contributed by atoms with van der Waals surface area (Å²) in [6.45, 7) is 3.12. The molecule has 0 aliphatic carbocycles. The maximum Gasteiger partial charge on any atom is 0.246 e. The maximum absolute atomic E-state index is 11.6. The topological polar surface area (TPSA) is 44.8 Å². The van der Waals surface area contributed by atoms with Gasteiger partial charge in [0.2, 0.25) is 5.91 Å². The predicted molar refractivity (Wildman–Crippen MR) is 86.7 cm³/mol. The van der Waals surface area contributed by atoms with Crippen LogP contribution in [-0.2, 0) is 9.53 Å². The lowest BCUT2D eigenvalue weighted by Crippen LogP contribution is -2.36. The van der Waals surface area contributed by atoms with E-state index in [0.717, 1.165) is 5.69 Å². The van der Waals surface area contributed by atoms with E-state index in [9.17, 15) is 4.79 Å². The van der Waals surface area contributed by atoms with Crippen LogP contribution in [0.2, 0.25) is 0 Å². The molecular formula is C16H27N3O2. The SMILES string of the molecule is CCOCC(=O)NC[C@@H](c1ccc(N(C)C)cc1)N(C)C. The van der Waals surface area contributed by atoms with E-state index in [2.05, 4.69) is 39.4 Å². The average molecular weight is 293 g/mol. The molecule has 0 saturated carbocycles. The normalized spacial score (nSPS) is 12.3. The van der Waals surface area contributed by atoms with Gasteiger partial charge in [-0.15, -0.1) is 0 Å². The molecule has 118 valence electrons. The van der Waals surface area contributed by atoms with Gasteiger partial charge in [0.25, 0.3) is 0 Å². The van der Waals surface area contributed by atoms with Gasteiger partial charge in [-0.05, 0) is 38.7 Å². The number of nitrogens with zero attached hydrogens (tertiary/aromatic N) is 2. The summed E-state index contributed by atoms with van der Waals surface area (Å²) >= 11 is 0. The van der Waals surface area contributed by atoms with Gasteiger partial charge in [0.1, 0.15) is 6.61 Å². The van der Waals surface area contributed by atoms with Crippen LogP contribution >= 0.6 is 0 Å². The van der Waals surface area contributed by atoms with Crippen LogP contribution in [0.1, 0.15) is 18.5 Å². The summed E-state index contributed by atoms with van der Waals surface area (Å²) in [4.78, 5) is 15.8. The molecule has 0 saturated heterocycles. The third-order valence-corrected chi connectivity index (χ3v) is 3.35. The van der Waals surface area contributed by atoms with Gasteiger partial charge in [0, 0.05) is 32.9 Å². The number of ether oxygens (including phenoxy) is 1. The van der Waals surface area contributed by atoms with Gasteiger partial charge in [0.15, 0.2) is 0 Å². The van der Waals surface area contributed by atoms with E-state index in [0.29, 0.717) is 13.2 Å². The van der Waals surface area contributed by atoms with Crippen LogP contribution in [0.4, 0.5) is 5.69 Å². The van der Waals surface area contributed by atoms with Crippen molar-refractivity contribution in [1.29, 1.82) is 0 Å². The number of hydrogen-bond donors (Lipinski definition) is 1. The minimum atomic E-state index is -0.0754. The van der Waals surface area contributed by atoms with Crippen LogP contribution in [0.25, 0.3) is 0 Å². The first kappa shape index (κ1) is 17.5. The highest BCUT2D eigenvalue weighted by molar-refractivity contribution is 5.77. The van der Waals surface area contributed by atoms with E-state index in [1.54, 1.807) is 0 Å². The Hall–Kier alpha value is -1.59. The lowest BCUT2D eigenvalue weighted by molar-refractivity contribution is -0.125. The number of likely N-dealkylation sites (N-methyl/N-ethyl adjacent to an activating group) is 1. The fourth-order valence-electron chi connectivity index (χ4n) is 2.05. The van der Waals surface area contributed by atoms with E-state index < -0.39 is 0 Å². The predicted octanol–water partition coefficient (Wildman–Crippen LogP) is 1.51. The van der Waals surface area contributed by atoms with Crippen molar-refractivity contribution in [2.75, 3.05) is 52.8 Å². The first-order valence-corrected chi connectivity index (χ1v) is 7.23. The van der Waals surface area contributed by atoms with Crippen LogP contribution in [0, 0.1) is 0 Å². The molecule has 1 aromatic carbocycles. The van der Waals surface area contributed by atoms with Crippen LogP contribution < -0.4 is 10.2 Å². The van der Waals surface area contributed by atoms with Crippen molar-refractivity contribution in [3.8, 4) is 0 Å². The number of amides is 1. The number of benzene rings is 1. The highest BCUT2D eigenvalue weighted by atomic mass is 16.5. The summed E-state index contributed by atoms with van der Waals surface area (Å²) in [5, 5.41) is 2.92. The number of anilines is 1. The number of rotatable bonds is 8. The molecule has 1 atom stereocenters. The number of nitrogens with one attached hydrogen (secondary N) is 1. The van der Waals surface area contributed by atoms with Crippen molar-refractivity contribution in [2.24, 2.45) is 0 Å². The zero-order valence-electron chi connectivity index (χ0n) is 13.7. The molecule has 21 heavy (non-hydrogen) atoms. The Balaban J connectivity index is 2.66. The Morgan fingerprint density at radius 3 is 2.29 bits per heavy atom.